The molecule has 1 aliphatic carbocycles. The molecule has 0 aliphatic heterocycles. The number of rotatable bonds is 2. The van der Waals surface area contributed by atoms with E-state index in [2.05, 4.69) is 11.4 Å². The molecule has 0 aromatic heterocycles. The van der Waals surface area contributed by atoms with Crippen LogP contribution in [0.25, 0.3) is 0 Å². The van der Waals surface area contributed by atoms with Gasteiger partial charge >= 0.3 is 0 Å². The van der Waals surface area contributed by atoms with Crippen LogP contribution in [-0.2, 0) is 0 Å². The third-order valence-corrected chi connectivity index (χ3v) is 2.36. The van der Waals surface area contributed by atoms with E-state index in [1.165, 1.54) is 19.3 Å². The number of hydrogen-bond acceptors (Lipinski definition) is 2. The van der Waals surface area contributed by atoms with E-state index in [1.54, 1.807) is 0 Å². The Morgan fingerprint density at radius 1 is 1.33 bits per heavy atom. The molecule has 0 amide bonds. The number of nitrogens with one attached hydrogen (secondary N) is 1. The van der Waals surface area contributed by atoms with Gasteiger partial charge in [-0.25, -0.2) is 0 Å². The Labute approximate surface area is 72.8 Å². The van der Waals surface area contributed by atoms with E-state index in [-0.39, 0.29) is 0 Å². The summed E-state index contributed by atoms with van der Waals surface area (Å²) < 4.78 is 0. The minimum Gasteiger partial charge on any atom is -0.399 e. The van der Waals surface area contributed by atoms with Crippen molar-refractivity contribution in [2.75, 3.05) is 11.1 Å². The molecule has 2 heteroatoms. The summed E-state index contributed by atoms with van der Waals surface area (Å²) in [5.41, 5.74) is 7.64. The lowest BCUT2D eigenvalue weighted by molar-refractivity contribution is 0.445. The summed E-state index contributed by atoms with van der Waals surface area (Å²) in [4.78, 5) is 0. The molecule has 3 N–H and O–H groups in total. The lowest BCUT2D eigenvalue weighted by Gasteiger charge is -2.27. The fourth-order valence-corrected chi connectivity index (χ4v) is 1.42. The van der Waals surface area contributed by atoms with E-state index in [1.807, 2.05) is 18.2 Å². The second-order valence-electron chi connectivity index (χ2n) is 3.40. The molecule has 0 heterocycles. The zero-order chi connectivity index (χ0) is 8.39. The van der Waals surface area contributed by atoms with E-state index >= 15 is 0 Å². The summed E-state index contributed by atoms with van der Waals surface area (Å²) in [6, 6.07) is 8.63. The molecule has 1 saturated carbocycles. The highest BCUT2D eigenvalue weighted by atomic mass is 14.9. The predicted molar refractivity (Wildman–Crippen MR) is 52.1 cm³/mol. The molecule has 0 spiro atoms. The van der Waals surface area contributed by atoms with Gasteiger partial charge in [0.2, 0.25) is 0 Å². The van der Waals surface area contributed by atoms with Crippen LogP contribution in [0.15, 0.2) is 24.3 Å². The summed E-state index contributed by atoms with van der Waals surface area (Å²) in [5, 5.41) is 3.44. The molecule has 1 aliphatic rings. The Morgan fingerprint density at radius 2 is 2.17 bits per heavy atom. The quantitative estimate of drug-likeness (QED) is 0.654. The first-order chi connectivity index (χ1) is 5.84. The van der Waals surface area contributed by atoms with Gasteiger partial charge in [-0.1, -0.05) is 6.07 Å². The zero-order valence-electron chi connectivity index (χ0n) is 7.09. The normalized spacial score (nSPS) is 17.0. The lowest BCUT2D eigenvalue weighted by Crippen LogP contribution is -2.26. The Balaban J connectivity index is 2.02. The van der Waals surface area contributed by atoms with Crippen molar-refractivity contribution in [1.82, 2.24) is 0 Å². The Morgan fingerprint density at radius 3 is 2.75 bits per heavy atom. The van der Waals surface area contributed by atoms with Crippen molar-refractivity contribution in [1.29, 1.82) is 0 Å². The first kappa shape index (κ1) is 7.47. The third kappa shape index (κ3) is 1.52. The van der Waals surface area contributed by atoms with Gasteiger partial charge in [-0.3, -0.25) is 0 Å². The van der Waals surface area contributed by atoms with E-state index in [4.69, 9.17) is 5.73 Å². The SMILES string of the molecule is Nc1cccc(NC2CCC2)c1. The molecule has 2 nitrogen and oxygen atoms in total. The first-order valence-electron chi connectivity index (χ1n) is 4.47. The minimum atomic E-state index is 0.687. The average Bonchev–Trinajstić information content (AvgIpc) is 1.97. The van der Waals surface area contributed by atoms with Crippen LogP contribution in [0.3, 0.4) is 0 Å². The van der Waals surface area contributed by atoms with Crippen LogP contribution < -0.4 is 11.1 Å². The summed E-state index contributed by atoms with van der Waals surface area (Å²) in [6.07, 6.45) is 3.96. The summed E-state index contributed by atoms with van der Waals surface area (Å²) >= 11 is 0. The Hall–Kier alpha value is -1.18. The maximum atomic E-state index is 5.65. The number of anilines is 2. The van der Waals surface area contributed by atoms with Crippen molar-refractivity contribution < 1.29 is 0 Å². The van der Waals surface area contributed by atoms with Gasteiger partial charge in [0, 0.05) is 17.4 Å². The van der Waals surface area contributed by atoms with Crippen LogP contribution in [-0.4, -0.2) is 6.04 Å². The zero-order valence-corrected chi connectivity index (χ0v) is 7.09. The molecule has 64 valence electrons. The van der Waals surface area contributed by atoms with Crippen molar-refractivity contribution in [3.05, 3.63) is 24.3 Å². The van der Waals surface area contributed by atoms with Crippen molar-refractivity contribution in [2.45, 2.75) is 25.3 Å². The molecule has 12 heavy (non-hydrogen) atoms. The molecule has 0 radical (unpaired) electrons. The van der Waals surface area contributed by atoms with E-state index in [9.17, 15) is 0 Å². The van der Waals surface area contributed by atoms with Crippen LogP contribution in [0.4, 0.5) is 11.4 Å². The lowest BCUT2D eigenvalue weighted by atomic mass is 9.93. The van der Waals surface area contributed by atoms with Gasteiger partial charge < -0.3 is 11.1 Å². The molecule has 0 saturated heterocycles. The maximum absolute atomic E-state index is 5.65. The van der Waals surface area contributed by atoms with E-state index in [0.717, 1.165) is 11.4 Å². The predicted octanol–water partition coefficient (Wildman–Crippen LogP) is 2.23. The van der Waals surface area contributed by atoms with Crippen LogP contribution >= 0.6 is 0 Å². The summed E-state index contributed by atoms with van der Waals surface area (Å²) in [6.45, 7) is 0. The van der Waals surface area contributed by atoms with Gasteiger partial charge in [0.05, 0.1) is 0 Å². The van der Waals surface area contributed by atoms with Gasteiger partial charge in [-0.05, 0) is 37.5 Å². The first-order valence-corrected chi connectivity index (χ1v) is 4.47. The van der Waals surface area contributed by atoms with E-state index < -0.39 is 0 Å². The molecule has 0 bridgehead atoms. The van der Waals surface area contributed by atoms with Gasteiger partial charge in [-0.2, -0.15) is 0 Å². The van der Waals surface area contributed by atoms with Crippen molar-refractivity contribution >= 4 is 11.4 Å². The molecular formula is C10H14N2. The molecular weight excluding hydrogens is 148 g/mol. The highest BCUT2D eigenvalue weighted by Gasteiger charge is 2.16. The molecule has 1 fully saturated rings. The minimum absolute atomic E-state index is 0.687. The average molecular weight is 162 g/mol. The smallest absolute Gasteiger partial charge is 0.0362 e. The van der Waals surface area contributed by atoms with Crippen molar-refractivity contribution in [3.63, 3.8) is 0 Å². The van der Waals surface area contributed by atoms with Crippen molar-refractivity contribution in [2.24, 2.45) is 0 Å². The maximum Gasteiger partial charge on any atom is 0.0362 e. The second kappa shape index (κ2) is 3.05. The summed E-state index contributed by atoms with van der Waals surface area (Å²) in [5.74, 6) is 0. The molecule has 1 aromatic rings. The third-order valence-electron chi connectivity index (χ3n) is 2.36. The second-order valence-corrected chi connectivity index (χ2v) is 3.40. The number of nitrogens with two attached hydrogens (primary N) is 1. The largest absolute Gasteiger partial charge is 0.399 e. The molecule has 2 rings (SSSR count). The number of hydrogen-bond donors (Lipinski definition) is 2. The van der Waals surface area contributed by atoms with Crippen LogP contribution in [0.5, 0.6) is 0 Å². The van der Waals surface area contributed by atoms with Gasteiger partial charge in [0.25, 0.3) is 0 Å². The fraction of sp³-hybridized carbons (Fsp3) is 0.400. The van der Waals surface area contributed by atoms with E-state index in [0.29, 0.717) is 6.04 Å². The number of benzene rings is 1. The highest BCUT2D eigenvalue weighted by Crippen LogP contribution is 2.23. The Kier molecular flexibility index (Phi) is 1.90. The fourth-order valence-electron chi connectivity index (χ4n) is 1.42. The topological polar surface area (TPSA) is 38.0 Å². The highest BCUT2D eigenvalue weighted by molar-refractivity contribution is 5.54. The Bertz CT molecular complexity index is 266. The van der Waals surface area contributed by atoms with Crippen LogP contribution in [0.2, 0.25) is 0 Å². The number of nitrogen functional groups attached to an aromatic ring is 1. The monoisotopic (exact) mass is 162 g/mol. The standard InChI is InChI=1S/C10H14N2/c11-8-3-1-6-10(7-8)12-9-4-2-5-9/h1,3,6-7,9,12H,2,4-5,11H2. The molecule has 1 aromatic carbocycles. The summed E-state index contributed by atoms with van der Waals surface area (Å²) in [7, 11) is 0. The van der Waals surface area contributed by atoms with Gasteiger partial charge in [0.15, 0.2) is 0 Å². The van der Waals surface area contributed by atoms with Gasteiger partial charge in [-0.15, -0.1) is 0 Å². The van der Waals surface area contributed by atoms with Crippen LogP contribution in [0, 0.1) is 0 Å². The van der Waals surface area contributed by atoms with Crippen LogP contribution in [0.1, 0.15) is 19.3 Å². The van der Waals surface area contributed by atoms with Gasteiger partial charge in [0.1, 0.15) is 0 Å². The molecule has 0 unspecified atom stereocenters. The van der Waals surface area contributed by atoms with Crippen molar-refractivity contribution in [3.8, 4) is 0 Å². The molecule has 0 atom stereocenters.